The van der Waals surface area contributed by atoms with Crippen LogP contribution in [0.3, 0.4) is 0 Å². The van der Waals surface area contributed by atoms with Gasteiger partial charge in [-0.25, -0.2) is 4.39 Å². The number of Topliss-reactive ketones (excluding diaryl/α,β-unsaturated/α-hetero) is 1. The van der Waals surface area contributed by atoms with Crippen molar-refractivity contribution < 1.29 is 27.5 Å². The van der Waals surface area contributed by atoms with Crippen molar-refractivity contribution in [2.45, 2.75) is 12.3 Å². The molecule has 1 rings (SSSR count). The van der Waals surface area contributed by atoms with Gasteiger partial charge in [-0.05, 0) is 12.1 Å². The van der Waals surface area contributed by atoms with Crippen LogP contribution in [-0.2, 0) is 0 Å². The fraction of sp³-hybridized carbons (Fsp3) is 0.222. The maximum Gasteiger partial charge on any atom is 0.421 e. The Morgan fingerprint density at radius 2 is 1.80 bits per heavy atom. The first-order valence-electron chi connectivity index (χ1n) is 3.87. The summed E-state index contributed by atoms with van der Waals surface area (Å²) in [6, 6.07) is 4.16. The largest absolute Gasteiger partial charge is 0.421 e. The van der Waals surface area contributed by atoms with Crippen LogP contribution >= 0.6 is 0 Å². The highest BCUT2D eigenvalue weighted by Crippen LogP contribution is 2.23. The molecular formula is C9H6F4O2. The Morgan fingerprint density at radius 3 is 2.27 bits per heavy atom. The number of aliphatic hydroxyl groups is 1. The third-order valence-corrected chi connectivity index (χ3v) is 1.70. The fourth-order valence-corrected chi connectivity index (χ4v) is 0.957. The van der Waals surface area contributed by atoms with Crippen LogP contribution < -0.4 is 0 Å². The van der Waals surface area contributed by atoms with Crippen LogP contribution in [0.25, 0.3) is 0 Å². The van der Waals surface area contributed by atoms with E-state index in [0.717, 1.165) is 12.1 Å². The summed E-state index contributed by atoms with van der Waals surface area (Å²) in [5, 5.41) is 8.59. The number of hydrogen-bond donors (Lipinski definition) is 1. The number of halogens is 4. The summed E-state index contributed by atoms with van der Waals surface area (Å²) >= 11 is 0. The van der Waals surface area contributed by atoms with Crippen molar-refractivity contribution in [1.82, 2.24) is 0 Å². The van der Waals surface area contributed by atoms with Crippen molar-refractivity contribution in [2.24, 2.45) is 0 Å². The molecule has 0 saturated heterocycles. The summed E-state index contributed by atoms with van der Waals surface area (Å²) in [6.45, 7) is 0. The highest BCUT2D eigenvalue weighted by molar-refractivity contribution is 6.00. The molecule has 0 fully saturated rings. The molecule has 1 unspecified atom stereocenters. The van der Waals surface area contributed by atoms with Gasteiger partial charge in [-0.15, -0.1) is 0 Å². The van der Waals surface area contributed by atoms with Crippen molar-refractivity contribution >= 4 is 5.78 Å². The molecule has 1 aromatic rings. The minimum Gasteiger partial charge on any atom is -0.377 e. The third kappa shape index (κ3) is 2.53. The smallest absolute Gasteiger partial charge is 0.377 e. The number of ketones is 1. The molecule has 0 heterocycles. The number of hydrogen-bond acceptors (Lipinski definition) is 2. The second-order valence-corrected chi connectivity index (χ2v) is 2.79. The number of alkyl halides is 3. The number of aliphatic hydroxyl groups excluding tert-OH is 1. The summed E-state index contributed by atoms with van der Waals surface area (Å²) in [4.78, 5) is 11.0. The molecule has 0 radical (unpaired) electrons. The number of benzene rings is 1. The molecule has 15 heavy (non-hydrogen) atoms. The van der Waals surface area contributed by atoms with Gasteiger partial charge in [-0.2, -0.15) is 13.2 Å². The fourth-order valence-electron chi connectivity index (χ4n) is 0.957. The van der Waals surface area contributed by atoms with E-state index in [2.05, 4.69) is 0 Å². The average Bonchev–Trinajstić information content (AvgIpc) is 2.15. The van der Waals surface area contributed by atoms with Crippen LogP contribution in [0.2, 0.25) is 0 Å². The van der Waals surface area contributed by atoms with E-state index in [0.29, 0.717) is 0 Å². The van der Waals surface area contributed by atoms with Gasteiger partial charge in [0.15, 0.2) is 0 Å². The zero-order valence-corrected chi connectivity index (χ0v) is 7.25. The Morgan fingerprint density at radius 1 is 1.27 bits per heavy atom. The molecule has 0 aliphatic carbocycles. The van der Waals surface area contributed by atoms with Gasteiger partial charge in [0.25, 0.3) is 0 Å². The Bertz CT molecular complexity index is 373. The monoisotopic (exact) mass is 222 g/mol. The summed E-state index contributed by atoms with van der Waals surface area (Å²) in [5.74, 6) is -2.79. The minimum atomic E-state index is -5.08. The lowest BCUT2D eigenvalue weighted by molar-refractivity contribution is -0.186. The summed E-state index contributed by atoms with van der Waals surface area (Å²) in [6.07, 6.45) is -8.27. The standard InChI is InChI=1S/C9H6F4O2/c10-6-4-2-1-3-5(6)7(14)8(15)9(11,12)13/h1-4,8,15H. The number of rotatable bonds is 2. The molecule has 0 saturated carbocycles. The summed E-state index contributed by atoms with van der Waals surface area (Å²) < 4.78 is 48.7. The zero-order valence-electron chi connectivity index (χ0n) is 7.25. The van der Waals surface area contributed by atoms with Crippen molar-refractivity contribution in [3.8, 4) is 0 Å². The van der Waals surface area contributed by atoms with Gasteiger partial charge in [0, 0.05) is 0 Å². The van der Waals surface area contributed by atoms with Crippen LogP contribution in [0.4, 0.5) is 17.6 Å². The van der Waals surface area contributed by atoms with Gasteiger partial charge in [-0.3, -0.25) is 4.79 Å². The Balaban J connectivity index is 3.01. The highest BCUT2D eigenvalue weighted by Gasteiger charge is 2.44. The lowest BCUT2D eigenvalue weighted by Crippen LogP contribution is -2.36. The maximum atomic E-state index is 12.9. The molecule has 0 aliphatic rings. The first-order valence-corrected chi connectivity index (χ1v) is 3.87. The lowest BCUT2D eigenvalue weighted by Gasteiger charge is -2.13. The van der Waals surface area contributed by atoms with E-state index in [1.165, 1.54) is 12.1 Å². The van der Waals surface area contributed by atoms with E-state index < -0.39 is 29.4 Å². The van der Waals surface area contributed by atoms with E-state index >= 15 is 0 Å². The van der Waals surface area contributed by atoms with Crippen molar-refractivity contribution in [3.63, 3.8) is 0 Å². The highest BCUT2D eigenvalue weighted by atomic mass is 19.4. The molecule has 0 bridgehead atoms. The van der Waals surface area contributed by atoms with Gasteiger partial charge in [-0.1, -0.05) is 12.1 Å². The molecule has 1 atom stereocenters. The Labute approximate surface area is 82.1 Å². The molecule has 0 aromatic heterocycles. The summed E-state index contributed by atoms with van der Waals surface area (Å²) in [7, 11) is 0. The molecule has 0 amide bonds. The van der Waals surface area contributed by atoms with Crippen molar-refractivity contribution in [3.05, 3.63) is 35.6 Å². The number of carbonyl (C=O) groups excluding carboxylic acids is 1. The molecule has 2 nitrogen and oxygen atoms in total. The van der Waals surface area contributed by atoms with E-state index in [1.807, 2.05) is 0 Å². The van der Waals surface area contributed by atoms with Crippen molar-refractivity contribution in [2.75, 3.05) is 0 Å². The van der Waals surface area contributed by atoms with Gasteiger partial charge in [0.05, 0.1) is 5.56 Å². The second kappa shape index (κ2) is 3.98. The van der Waals surface area contributed by atoms with Crippen molar-refractivity contribution in [1.29, 1.82) is 0 Å². The predicted octanol–water partition coefficient (Wildman–Crippen LogP) is 1.93. The summed E-state index contributed by atoms with van der Waals surface area (Å²) in [5.41, 5.74) is -0.776. The maximum absolute atomic E-state index is 12.9. The lowest BCUT2D eigenvalue weighted by atomic mass is 10.1. The van der Waals surface area contributed by atoms with Crippen LogP contribution in [0.5, 0.6) is 0 Å². The second-order valence-electron chi connectivity index (χ2n) is 2.79. The van der Waals surface area contributed by atoms with Gasteiger partial charge in [0.1, 0.15) is 5.82 Å². The SMILES string of the molecule is O=C(c1ccccc1F)C(O)C(F)(F)F. The number of carbonyl (C=O) groups is 1. The Kier molecular flexibility index (Phi) is 3.09. The van der Waals surface area contributed by atoms with E-state index in [9.17, 15) is 22.4 Å². The quantitative estimate of drug-likeness (QED) is 0.613. The predicted molar refractivity (Wildman–Crippen MR) is 42.8 cm³/mol. The minimum absolute atomic E-state index is 0.776. The normalized spacial score (nSPS) is 13.7. The third-order valence-electron chi connectivity index (χ3n) is 1.70. The molecule has 1 aromatic carbocycles. The van der Waals surface area contributed by atoms with E-state index in [4.69, 9.17) is 5.11 Å². The molecule has 1 N–H and O–H groups in total. The average molecular weight is 222 g/mol. The first-order chi connectivity index (χ1) is 6.84. The topological polar surface area (TPSA) is 37.3 Å². The van der Waals surface area contributed by atoms with Crippen LogP contribution in [0.15, 0.2) is 24.3 Å². The molecular weight excluding hydrogens is 216 g/mol. The van der Waals surface area contributed by atoms with Gasteiger partial charge < -0.3 is 5.11 Å². The molecule has 82 valence electrons. The van der Waals surface area contributed by atoms with Gasteiger partial charge >= 0.3 is 6.18 Å². The van der Waals surface area contributed by atoms with Crippen LogP contribution in [0.1, 0.15) is 10.4 Å². The van der Waals surface area contributed by atoms with E-state index in [-0.39, 0.29) is 0 Å². The molecule has 6 heteroatoms. The molecule has 0 spiro atoms. The first kappa shape index (κ1) is 11.6. The van der Waals surface area contributed by atoms with Crippen LogP contribution in [-0.4, -0.2) is 23.2 Å². The zero-order chi connectivity index (χ0) is 11.6. The van der Waals surface area contributed by atoms with Gasteiger partial charge in [0.2, 0.25) is 11.9 Å². The van der Waals surface area contributed by atoms with E-state index in [1.54, 1.807) is 0 Å². The van der Waals surface area contributed by atoms with Crippen LogP contribution in [0, 0.1) is 5.82 Å². The Hall–Kier alpha value is -1.43. The molecule has 0 aliphatic heterocycles.